The average molecular weight is 363 g/mol. The third-order valence-corrected chi connectivity index (χ3v) is 5.90. The van der Waals surface area contributed by atoms with E-state index in [-0.39, 0.29) is 6.10 Å². The maximum Gasteiger partial charge on any atom is 0.0733 e. The highest BCUT2D eigenvalue weighted by atomic mass is 16.3. The second-order valence-corrected chi connectivity index (χ2v) is 7.95. The summed E-state index contributed by atoms with van der Waals surface area (Å²) in [5, 5.41) is 10.8. The van der Waals surface area contributed by atoms with Gasteiger partial charge in [0.15, 0.2) is 0 Å². The van der Waals surface area contributed by atoms with Gasteiger partial charge in [-0.05, 0) is 30.5 Å². The highest BCUT2D eigenvalue weighted by Crippen LogP contribution is 2.29. The van der Waals surface area contributed by atoms with Gasteiger partial charge in [0.1, 0.15) is 0 Å². The Balaban J connectivity index is 1.33. The topological polar surface area (TPSA) is 26.7 Å². The molecule has 2 aliphatic rings. The fraction of sp³-hybridized carbons (Fsp3) is 0.417. The third-order valence-electron chi connectivity index (χ3n) is 5.90. The number of piperidine rings is 1. The van der Waals surface area contributed by atoms with E-state index in [1.165, 1.54) is 16.7 Å². The summed E-state index contributed by atoms with van der Waals surface area (Å²) in [6.07, 6.45) is 4.28. The zero-order chi connectivity index (χ0) is 18.5. The van der Waals surface area contributed by atoms with E-state index in [1.54, 1.807) is 0 Å². The summed E-state index contributed by atoms with van der Waals surface area (Å²) in [5.74, 6) is 0.315. The Labute approximate surface area is 162 Å². The van der Waals surface area contributed by atoms with Crippen LogP contribution in [0.1, 0.15) is 24.0 Å². The molecule has 0 saturated carbocycles. The number of β-amino-alcohol motifs (C(OH)–C–C–N with tert-alkyl or cyclic N) is 1. The maximum absolute atomic E-state index is 10.8. The molecule has 4 rings (SSSR count). The SMILES string of the molecule is OC1CN(Cc2ccccc2)CCC1C1=CCCN(Cc2ccccc2)C1. The molecule has 2 atom stereocenters. The van der Waals surface area contributed by atoms with E-state index in [9.17, 15) is 5.11 Å². The molecule has 142 valence electrons. The first-order valence-electron chi connectivity index (χ1n) is 10.2. The standard InChI is InChI=1S/C24H30N2O/c27-24-19-26(17-21-10-5-2-6-11-21)15-13-23(24)22-12-7-14-25(18-22)16-20-8-3-1-4-9-20/h1-6,8-12,23-24,27H,7,13-19H2. The highest BCUT2D eigenvalue weighted by Gasteiger charge is 2.31. The molecular weight excluding hydrogens is 332 g/mol. The minimum atomic E-state index is -0.259. The predicted molar refractivity (Wildman–Crippen MR) is 110 cm³/mol. The van der Waals surface area contributed by atoms with Crippen LogP contribution < -0.4 is 0 Å². The molecule has 1 saturated heterocycles. The first kappa shape index (κ1) is 18.4. The van der Waals surface area contributed by atoms with Crippen molar-refractivity contribution in [3.05, 3.63) is 83.4 Å². The van der Waals surface area contributed by atoms with Crippen LogP contribution in [0.4, 0.5) is 0 Å². The number of aliphatic hydroxyl groups is 1. The van der Waals surface area contributed by atoms with Crippen molar-refractivity contribution >= 4 is 0 Å². The molecule has 3 nitrogen and oxygen atoms in total. The number of rotatable bonds is 5. The van der Waals surface area contributed by atoms with Gasteiger partial charge >= 0.3 is 0 Å². The molecule has 2 aromatic rings. The maximum atomic E-state index is 10.8. The van der Waals surface area contributed by atoms with E-state index in [0.717, 1.165) is 52.1 Å². The van der Waals surface area contributed by atoms with Crippen molar-refractivity contribution in [3.63, 3.8) is 0 Å². The molecule has 1 N–H and O–H groups in total. The van der Waals surface area contributed by atoms with Gasteiger partial charge in [0, 0.05) is 38.6 Å². The van der Waals surface area contributed by atoms with E-state index in [4.69, 9.17) is 0 Å². The molecule has 2 aliphatic heterocycles. The average Bonchev–Trinajstić information content (AvgIpc) is 2.70. The lowest BCUT2D eigenvalue weighted by Crippen LogP contribution is -2.46. The van der Waals surface area contributed by atoms with Crippen molar-refractivity contribution in [1.29, 1.82) is 0 Å². The zero-order valence-electron chi connectivity index (χ0n) is 16.0. The number of benzene rings is 2. The van der Waals surface area contributed by atoms with Gasteiger partial charge in [-0.25, -0.2) is 0 Å². The lowest BCUT2D eigenvalue weighted by molar-refractivity contribution is 0.0287. The molecular formula is C24H30N2O. The summed E-state index contributed by atoms with van der Waals surface area (Å²) in [5.41, 5.74) is 4.15. The van der Waals surface area contributed by atoms with Crippen molar-refractivity contribution < 1.29 is 5.11 Å². The monoisotopic (exact) mass is 362 g/mol. The first-order valence-corrected chi connectivity index (χ1v) is 10.2. The summed E-state index contributed by atoms with van der Waals surface area (Å²) in [6.45, 7) is 5.88. The van der Waals surface area contributed by atoms with Gasteiger partial charge < -0.3 is 5.11 Å². The minimum absolute atomic E-state index is 0.259. The minimum Gasteiger partial charge on any atom is -0.391 e. The zero-order valence-corrected chi connectivity index (χ0v) is 16.0. The summed E-state index contributed by atoms with van der Waals surface area (Å²) >= 11 is 0. The summed E-state index contributed by atoms with van der Waals surface area (Å²) < 4.78 is 0. The Bertz CT molecular complexity index is 743. The fourth-order valence-corrected chi connectivity index (χ4v) is 4.49. The van der Waals surface area contributed by atoms with Gasteiger partial charge in [0.2, 0.25) is 0 Å². The van der Waals surface area contributed by atoms with Gasteiger partial charge in [-0.15, -0.1) is 0 Å². The molecule has 0 bridgehead atoms. The van der Waals surface area contributed by atoms with Crippen LogP contribution in [0.5, 0.6) is 0 Å². The van der Waals surface area contributed by atoms with Gasteiger partial charge in [0.05, 0.1) is 6.10 Å². The number of likely N-dealkylation sites (tertiary alicyclic amines) is 1. The molecule has 0 spiro atoms. The molecule has 0 aliphatic carbocycles. The Morgan fingerprint density at radius 3 is 2.07 bits per heavy atom. The van der Waals surface area contributed by atoms with Crippen molar-refractivity contribution in [2.45, 2.75) is 32.0 Å². The number of hydrogen-bond acceptors (Lipinski definition) is 3. The normalized spacial score (nSPS) is 24.6. The smallest absolute Gasteiger partial charge is 0.0733 e. The van der Waals surface area contributed by atoms with Crippen molar-refractivity contribution in [2.75, 3.05) is 26.2 Å². The van der Waals surface area contributed by atoms with Crippen LogP contribution in [0.25, 0.3) is 0 Å². The van der Waals surface area contributed by atoms with E-state index in [2.05, 4.69) is 76.5 Å². The van der Waals surface area contributed by atoms with Crippen molar-refractivity contribution in [1.82, 2.24) is 9.80 Å². The lowest BCUT2D eigenvalue weighted by Gasteiger charge is -2.39. The molecule has 0 aromatic heterocycles. The van der Waals surface area contributed by atoms with Gasteiger partial charge in [-0.1, -0.05) is 72.3 Å². The van der Waals surface area contributed by atoms with E-state index < -0.39 is 0 Å². The molecule has 2 unspecified atom stereocenters. The second kappa shape index (κ2) is 8.83. The Morgan fingerprint density at radius 1 is 0.815 bits per heavy atom. The van der Waals surface area contributed by atoms with Crippen LogP contribution in [0, 0.1) is 5.92 Å². The van der Waals surface area contributed by atoms with Crippen LogP contribution in [0.15, 0.2) is 72.3 Å². The fourth-order valence-electron chi connectivity index (χ4n) is 4.49. The molecule has 0 radical (unpaired) electrons. The number of hydrogen-bond donors (Lipinski definition) is 1. The quantitative estimate of drug-likeness (QED) is 0.822. The van der Waals surface area contributed by atoms with Crippen molar-refractivity contribution in [2.24, 2.45) is 5.92 Å². The molecule has 27 heavy (non-hydrogen) atoms. The van der Waals surface area contributed by atoms with Gasteiger partial charge in [-0.3, -0.25) is 9.80 Å². The number of aliphatic hydroxyl groups excluding tert-OH is 1. The van der Waals surface area contributed by atoms with Gasteiger partial charge in [0.25, 0.3) is 0 Å². The highest BCUT2D eigenvalue weighted by molar-refractivity contribution is 5.19. The molecule has 2 heterocycles. The number of nitrogens with zero attached hydrogens (tertiary/aromatic N) is 2. The van der Waals surface area contributed by atoms with E-state index in [1.807, 2.05) is 0 Å². The second-order valence-electron chi connectivity index (χ2n) is 7.95. The van der Waals surface area contributed by atoms with Crippen LogP contribution >= 0.6 is 0 Å². The van der Waals surface area contributed by atoms with Gasteiger partial charge in [-0.2, -0.15) is 0 Å². The molecule has 0 amide bonds. The van der Waals surface area contributed by atoms with Crippen LogP contribution in [-0.2, 0) is 13.1 Å². The third kappa shape index (κ3) is 4.86. The van der Waals surface area contributed by atoms with Crippen LogP contribution in [0.3, 0.4) is 0 Å². The Morgan fingerprint density at radius 2 is 1.44 bits per heavy atom. The molecule has 3 heteroatoms. The molecule has 2 aromatic carbocycles. The Kier molecular flexibility index (Phi) is 6.03. The summed E-state index contributed by atoms with van der Waals surface area (Å²) in [4.78, 5) is 4.91. The summed E-state index contributed by atoms with van der Waals surface area (Å²) in [7, 11) is 0. The predicted octanol–water partition coefficient (Wildman–Crippen LogP) is 3.70. The van der Waals surface area contributed by atoms with Crippen molar-refractivity contribution in [3.8, 4) is 0 Å². The van der Waals surface area contributed by atoms with E-state index >= 15 is 0 Å². The first-order chi connectivity index (χ1) is 13.3. The largest absolute Gasteiger partial charge is 0.391 e. The summed E-state index contributed by atoms with van der Waals surface area (Å²) in [6, 6.07) is 21.3. The van der Waals surface area contributed by atoms with Crippen LogP contribution in [0.2, 0.25) is 0 Å². The molecule has 1 fully saturated rings. The Hall–Kier alpha value is -1.94. The lowest BCUT2D eigenvalue weighted by atomic mass is 9.84. The van der Waals surface area contributed by atoms with Crippen LogP contribution in [-0.4, -0.2) is 47.2 Å². The van der Waals surface area contributed by atoms with E-state index in [0.29, 0.717) is 5.92 Å².